The lowest BCUT2D eigenvalue weighted by molar-refractivity contribution is 0.146. The summed E-state index contributed by atoms with van der Waals surface area (Å²) in [6.07, 6.45) is 0.564. The van der Waals surface area contributed by atoms with E-state index < -0.39 is 15.8 Å². The fourth-order valence-electron chi connectivity index (χ4n) is 1.37. The predicted octanol–water partition coefficient (Wildman–Crippen LogP) is 1.11. The minimum absolute atomic E-state index is 0.104. The molecule has 1 aromatic carbocycles. The molecule has 0 atom stereocenters. The third kappa shape index (κ3) is 4.25. The maximum Gasteiger partial charge on any atom is 0.242 e. The Hall–Kier alpha value is -1.18. The summed E-state index contributed by atoms with van der Waals surface area (Å²) in [4.78, 5) is -0.111. The summed E-state index contributed by atoms with van der Waals surface area (Å²) in [5, 5.41) is 0. The van der Waals surface area contributed by atoms with Gasteiger partial charge in [-0.15, -0.1) is 0 Å². The van der Waals surface area contributed by atoms with Crippen molar-refractivity contribution in [2.75, 3.05) is 25.5 Å². The molecule has 102 valence electrons. The molecule has 0 saturated heterocycles. The smallest absolute Gasteiger partial charge is 0.242 e. The molecule has 0 unspecified atom stereocenters. The summed E-state index contributed by atoms with van der Waals surface area (Å²) in [6, 6.07) is 3.19. The Morgan fingerprint density at radius 1 is 1.44 bits per heavy atom. The van der Waals surface area contributed by atoms with E-state index in [0.29, 0.717) is 19.6 Å². The van der Waals surface area contributed by atoms with Crippen LogP contribution in [0.1, 0.15) is 13.3 Å². The molecule has 1 aromatic rings. The topological polar surface area (TPSA) is 81.4 Å². The first kappa shape index (κ1) is 14.9. The van der Waals surface area contributed by atoms with Gasteiger partial charge in [-0.2, -0.15) is 0 Å². The zero-order chi connectivity index (χ0) is 13.6. The molecule has 0 spiro atoms. The van der Waals surface area contributed by atoms with E-state index in [-0.39, 0.29) is 17.1 Å². The second-order valence-corrected chi connectivity index (χ2v) is 5.37. The van der Waals surface area contributed by atoms with Gasteiger partial charge in [0.1, 0.15) is 10.7 Å². The highest BCUT2D eigenvalue weighted by Crippen LogP contribution is 2.18. The number of halogens is 1. The fraction of sp³-hybridized carbons (Fsp3) is 0.455. The van der Waals surface area contributed by atoms with Crippen LogP contribution in [0.4, 0.5) is 10.1 Å². The maximum atomic E-state index is 12.8. The highest BCUT2D eigenvalue weighted by molar-refractivity contribution is 7.89. The van der Waals surface area contributed by atoms with E-state index in [4.69, 9.17) is 10.5 Å². The average Bonchev–Trinajstić information content (AvgIpc) is 2.28. The molecule has 0 heterocycles. The molecule has 0 radical (unpaired) electrons. The van der Waals surface area contributed by atoms with Crippen LogP contribution in [0.5, 0.6) is 0 Å². The normalized spacial score (nSPS) is 11.7. The standard InChI is InChI=1S/C11H17FN2O3S/c1-2-17-7-3-6-14-18(15,16)11-5-4-9(12)8-10(11)13/h4-5,8,14H,2-3,6-7,13H2,1H3. The molecular weight excluding hydrogens is 259 g/mol. The molecule has 0 aliphatic heterocycles. The second kappa shape index (κ2) is 6.67. The van der Waals surface area contributed by atoms with Gasteiger partial charge in [0.2, 0.25) is 10.0 Å². The summed E-state index contributed by atoms with van der Waals surface area (Å²) in [6.45, 7) is 3.19. The lowest BCUT2D eigenvalue weighted by atomic mass is 10.3. The Labute approximate surface area is 106 Å². The summed E-state index contributed by atoms with van der Waals surface area (Å²) < 4.78 is 44.0. The minimum atomic E-state index is -3.69. The van der Waals surface area contributed by atoms with Crippen LogP contribution >= 0.6 is 0 Å². The number of anilines is 1. The van der Waals surface area contributed by atoms with E-state index >= 15 is 0 Å². The van der Waals surface area contributed by atoms with E-state index in [0.717, 1.165) is 18.2 Å². The van der Waals surface area contributed by atoms with Crippen molar-refractivity contribution >= 4 is 15.7 Å². The molecule has 0 aliphatic rings. The highest BCUT2D eigenvalue weighted by Gasteiger charge is 2.16. The quantitative estimate of drug-likeness (QED) is 0.577. The van der Waals surface area contributed by atoms with Gasteiger partial charge >= 0.3 is 0 Å². The van der Waals surface area contributed by atoms with Crippen molar-refractivity contribution in [2.45, 2.75) is 18.2 Å². The van der Waals surface area contributed by atoms with Crippen molar-refractivity contribution in [2.24, 2.45) is 0 Å². The van der Waals surface area contributed by atoms with Crippen molar-refractivity contribution in [1.82, 2.24) is 4.72 Å². The molecule has 7 heteroatoms. The van der Waals surface area contributed by atoms with Crippen molar-refractivity contribution in [3.8, 4) is 0 Å². The van der Waals surface area contributed by atoms with E-state index in [2.05, 4.69) is 4.72 Å². The van der Waals surface area contributed by atoms with Crippen molar-refractivity contribution < 1.29 is 17.5 Å². The van der Waals surface area contributed by atoms with E-state index in [9.17, 15) is 12.8 Å². The highest BCUT2D eigenvalue weighted by atomic mass is 32.2. The van der Waals surface area contributed by atoms with Crippen molar-refractivity contribution in [1.29, 1.82) is 0 Å². The number of sulfonamides is 1. The van der Waals surface area contributed by atoms with Crippen molar-refractivity contribution in [3.63, 3.8) is 0 Å². The first-order valence-corrected chi connectivity index (χ1v) is 7.08. The first-order valence-electron chi connectivity index (χ1n) is 5.60. The summed E-state index contributed by atoms with van der Waals surface area (Å²) in [5.74, 6) is -0.567. The van der Waals surface area contributed by atoms with E-state index in [1.165, 1.54) is 0 Å². The molecule has 0 saturated carbocycles. The molecular formula is C11H17FN2O3S. The van der Waals surface area contributed by atoms with Gasteiger partial charge in [0.25, 0.3) is 0 Å². The SMILES string of the molecule is CCOCCCNS(=O)(=O)c1ccc(F)cc1N. The van der Waals surface area contributed by atoms with Gasteiger partial charge < -0.3 is 10.5 Å². The molecule has 0 amide bonds. The molecule has 0 aromatic heterocycles. The monoisotopic (exact) mass is 276 g/mol. The van der Waals surface area contributed by atoms with Crippen LogP contribution in [0.25, 0.3) is 0 Å². The Bertz CT molecular complexity index is 491. The number of hydrogen-bond donors (Lipinski definition) is 2. The Morgan fingerprint density at radius 2 is 2.17 bits per heavy atom. The largest absolute Gasteiger partial charge is 0.398 e. The number of nitrogen functional groups attached to an aromatic ring is 1. The molecule has 0 fully saturated rings. The predicted molar refractivity (Wildman–Crippen MR) is 67.1 cm³/mol. The lowest BCUT2D eigenvalue weighted by Crippen LogP contribution is -2.26. The lowest BCUT2D eigenvalue weighted by Gasteiger charge is -2.09. The molecule has 1 rings (SSSR count). The summed E-state index contributed by atoms with van der Waals surface area (Å²) >= 11 is 0. The van der Waals surface area contributed by atoms with Crippen LogP contribution in [-0.2, 0) is 14.8 Å². The van der Waals surface area contributed by atoms with Gasteiger partial charge in [-0.05, 0) is 31.5 Å². The van der Waals surface area contributed by atoms with Crippen LogP contribution < -0.4 is 10.5 Å². The number of nitrogens with two attached hydrogens (primary N) is 1. The number of nitrogens with one attached hydrogen (secondary N) is 1. The maximum absolute atomic E-state index is 12.8. The zero-order valence-corrected chi connectivity index (χ0v) is 11.0. The Morgan fingerprint density at radius 3 is 2.78 bits per heavy atom. The van der Waals surface area contributed by atoms with Gasteiger partial charge in [-0.3, -0.25) is 0 Å². The number of ether oxygens (including phenoxy) is 1. The number of benzene rings is 1. The van der Waals surface area contributed by atoms with E-state index in [1.54, 1.807) is 0 Å². The first-order chi connectivity index (χ1) is 8.47. The average molecular weight is 276 g/mol. The molecule has 5 nitrogen and oxygen atoms in total. The van der Waals surface area contributed by atoms with Crippen LogP contribution in [-0.4, -0.2) is 28.2 Å². The summed E-state index contributed by atoms with van der Waals surface area (Å²) in [5.41, 5.74) is 5.37. The van der Waals surface area contributed by atoms with Crippen LogP contribution in [0.3, 0.4) is 0 Å². The number of rotatable bonds is 7. The second-order valence-electron chi connectivity index (χ2n) is 3.63. The van der Waals surface area contributed by atoms with Gasteiger partial charge in [-0.1, -0.05) is 0 Å². The van der Waals surface area contributed by atoms with Gasteiger partial charge in [-0.25, -0.2) is 17.5 Å². The minimum Gasteiger partial charge on any atom is -0.398 e. The Balaban J connectivity index is 2.63. The van der Waals surface area contributed by atoms with Gasteiger partial charge in [0.15, 0.2) is 0 Å². The number of hydrogen-bond acceptors (Lipinski definition) is 4. The van der Waals surface area contributed by atoms with Crippen molar-refractivity contribution in [3.05, 3.63) is 24.0 Å². The van der Waals surface area contributed by atoms with Crippen LogP contribution in [0.2, 0.25) is 0 Å². The zero-order valence-electron chi connectivity index (χ0n) is 10.1. The van der Waals surface area contributed by atoms with Crippen LogP contribution in [0, 0.1) is 5.82 Å². The third-order valence-corrected chi connectivity index (χ3v) is 3.76. The molecule has 3 N–H and O–H groups in total. The summed E-state index contributed by atoms with van der Waals surface area (Å²) in [7, 11) is -3.69. The third-order valence-electron chi connectivity index (χ3n) is 2.22. The molecule has 18 heavy (non-hydrogen) atoms. The fourth-order valence-corrected chi connectivity index (χ4v) is 2.55. The molecule has 0 bridgehead atoms. The molecule has 0 aliphatic carbocycles. The van der Waals surface area contributed by atoms with E-state index in [1.807, 2.05) is 6.92 Å². The van der Waals surface area contributed by atoms with Gasteiger partial charge in [0, 0.05) is 19.8 Å². The van der Waals surface area contributed by atoms with Gasteiger partial charge in [0.05, 0.1) is 5.69 Å². The Kier molecular flexibility index (Phi) is 5.52. The van der Waals surface area contributed by atoms with Crippen LogP contribution in [0.15, 0.2) is 23.1 Å².